The molecule has 0 aliphatic heterocycles. The lowest BCUT2D eigenvalue weighted by Crippen LogP contribution is -2.18. The number of pyridine rings is 1. The Hall–Kier alpha value is -5.70. The van der Waals surface area contributed by atoms with Gasteiger partial charge >= 0.3 is 0 Å². The first-order valence-corrected chi connectivity index (χ1v) is 14.8. The highest BCUT2D eigenvalue weighted by Gasteiger charge is 2.29. The highest BCUT2D eigenvalue weighted by Crippen LogP contribution is 2.32. The molecule has 6 aromatic rings. The number of halogens is 4. The number of hydrogen-bond acceptors (Lipinski definition) is 7. The summed E-state index contributed by atoms with van der Waals surface area (Å²) in [7, 11) is -4.93. The summed E-state index contributed by atoms with van der Waals surface area (Å²) >= 11 is 0. The fourth-order valence-corrected chi connectivity index (χ4v) is 6.16. The average molecular weight is 650 g/mol. The van der Waals surface area contributed by atoms with Gasteiger partial charge in [0.2, 0.25) is 17.6 Å². The van der Waals surface area contributed by atoms with Crippen molar-refractivity contribution in [2.45, 2.75) is 18.7 Å². The first kappa shape index (κ1) is 30.3. The second kappa shape index (κ2) is 11.0. The van der Waals surface area contributed by atoms with E-state index in [-0.39, 0.29) is 22.5 Å². The van der Waals surface area contributed by atoms with E-state index in [0.29, 0.717) is 52.4 Å². The molecule has 0 amide bonds. The van der Waals surface area contributed by atoms with Crippen molar-refractivity contribution < 1.29 is 40.4 Å². The van der Waals surface area contributed by atoms with Crippen LogP contribution in [-0.4, -0.2) is 45.3 Å². The van der Waals surface area contributed by atoms with Gasteiger partial charge in [0, 0.05) is 42.6 Å². The van der Waals surface area contributed by atoms with Crippen LogP contribution in [0.1, 0.15) is 39.4 Å². The molecule has 0 saturated heterocycles. The summed E-state index contributed by atoms with van der Waals surface area (Å²) in [6.45, 7) is 2.54. The van der Waals surface area contributed by atoms with Gasteiger partial charge in [0.1, 0.15) is 28.0 Å². The van der Waals surface area contributed by atoms with Gasteiger partial charge in [0.05, 0.1) is 28.5 Å². The van der Waals surface area contributed by atoms with Crippen molar-refractivity contribution in [2.24, 2.45) is 0 Å². The van der Waals surface area contributed by atoms with Gasteiger partial charge < -0.3 is 0 Å². The maximum Gasteiger partial charge on any atom is 0.265 e. The second-order valence-corrected chi connectivity index (χ2v) is 11.8. The van der Waals surface area contributed by atoms with Crippen molar-refractivity contribution in [1.82, 2.24) is 19.3 Å². The molecular weight excluding hydrogens is 630 g/mol. The number of rotatable bonds is 6. The highest BCUT2D eigenvalue weighted by atomic mass is 32.2. The van der Waals surface area contributed by atoms with Crippen LogP contribution in [0.5, 0.6) is 0 Å². The number of anilines is 1. The van der Waals surface area contributed by atoms with E-state index in [1.54, 1.807) is 22.9 Å². The zero-order valence-corrected chi connectivity index (χ0v) is 24.5. The molecule has 0 radical (unpaired) electrons. The summed E-state index contributed by atoms with van der Waals surface area (Å²) in [6, 6.07) is 9.45. The first-order chi connectivity index (χ1) is 21.8. The minimum Gasteiger partial charge on any atom is -0.288 e. The Morgan fingerprint density at radius 3 is 2.28 bits per heavy atom. The topological polar surface area (TPSA) is 133 Å². The number of benzene rings is 3. The second-order valence-electron chi connectivity index (χ2n) is 10.2. The number of carbonyl (C=O) groups is 3. The summed E-state index contributed by atoms with van der Waals surface area (Å²) in [5.41, 5.74) is -0.848. The Labute approximate surface area is 256 Å². The minimum absolute atomic E-state index is 0.00401. The molecule has 0 unspecified atom stereocenters. The van der Waals surface area contributed by atoms with E-state index in [1.165, 1.54) is 37.0 Å². The molecule has 46 heavy (non-hydrogen) atoms. The molecule has 10 nitrogen and oxygen atoms in total. The lowest BCUT2D eigenvalue weighted by Gasteiger charge is -2.12. The summed E-state index contributed by atoms with van der Waals surface area (Å²) in [5, 5.41) is 4.72. The molecule has 3 aromatic carbocycles. The summed E-state index contributed by atoms with van der Waals surface area (Å²) in [4.78, 5) is 41.2. The molecule has 15 heteroatoms. The molecule has 0 aliphatic carbocycles. The summed E-state index contributed by atoms with van der Waals surface area (Å²) in [6.07, 6.45) is 3.97. The number of hydrogen-bond donors (Lipinski definition) is 1. The molecular formula is C31H19F4N5O5S. The molecule has 3 heterocycles. The third-order valence-corrected chi connectivity index (χ3v) is 8.55. The maximum atomic E-state index is 15.7. The van der Waals surface area contributed by atoms with Gasteiger partial charge in [-0.25, -0.2) is 35.6 Å². The van der Waals surface area contributed by atoms with E-state index < -0.39 is 61.1 Å². The normalized spacial score (nSPS) is 11.7. The van der Waals surface area contributed by atoms with E-state index in [4.69, 9.17) is 0 Å². The Kier molecular flexibility index (Phi) is 7.27. The maximum absolute atomic E-state index is 15.7. The number of ketones is 1. The molecule has 0 bridgehead atoms. The fraction of sp³-hybridized carbons (Fsp3) is 0.0645. The lowest BCUT2D eigenvalue weighted by atomic mass is 9.99. The van der Waals surface area contributed by atoms with Crippen molar-refractivity contribution >= 4 is 55.2 Å². The molecule has 232 valence electrons. The van der Waals surface area contributed by atoms with Gasteiger partial charge in [0.25, 0.3) is 10.0 Å². The molecule has 0 aliphatic rings. The number of nitrogens with one attached hydrogen (secondary N) is 1. The van der Waals surface area contributed by atoms with Crippen LogP contribution in [0, 0.1) is 23.3 Å². The number of fused-ring (bicyclic) bond motifs is 2. The van der Waals surface area contributed by atoms with Crippen LogP contribution >= 0.6 is 0 Å². The van der Waals surface area contributed by atoms with E-state index in [0.717, 1.165) is 10.8 Å². The van der Waals surface area contributed by atoms with Gasteiger partial charge in [-0.15, -0.1) is 0 Å². The zero-order valence-electron chi connectivity index (χ0n) is 23.7. The molecule has 3 aromatic heterocycles. The highest BCUT2D eigenvalue weighted by molar-refractivity contribution is 7.92. The van der Waals surface area contributed by atoms with Crippen LogP contribution in [0.3, 0.4) is 0 Å². The van der Waals surface area contributed by atoms with Crippen molar-refractivity contribution in [3.8, 4) is 11.1 Å². The molecule has 0 atom stereocenters. The molecule has 0 fully saturated rings. The Balaban J connectivity index is 1.45. The van der Waals surface area contributed by atoms with Crippen molar-refractivity contribution in [1.29, 1.82) is 0 Å². The van der Waals surface area contributed by atoms with Crippen molar-refractivity contribution in [3.63, 3.8) is 0 Å². The Morgan fingerprint density at radius 1 is 0.826 bits per heavy atom. The number of carbonyl (C=O) groups excluding carboxylic acids is 3. The van der Waals surface area contributed by atoms with Crippen molar-refractivity contribution in [3.05, 3.63) is 108 Å². The lowest BCUT2D eigenvalue weighted by molar-refractivity contribution is 0.0922. The predicted octanol–water partition coefficient (Wildman–Crippen LogP) is 5.96. The molecule has 0 spiro atoms. The van der Waals surface area contributed by atoms with Crippen LogP contribution in [0.4, 0.5) is 23.2 Å². The minimum atomic E-state index is -4.93. The Bertz CT molecular complexity index is 2400. The third kappa shape index (κ3) is 5.09. The van der Waals surface area contributed by atoms with Crippen LogP contribution < -0.4 is 4.72 Å². The van der Waals surface area contributed by atoms with Crippen molar-refractivity contribution in [2.75, 3.05) is 4.72 Å². The fourth-order valence-electron chi connectivity index (χ4n) is 5.01. The van der Waals surface area contributed by atoms with Crippen LogP contribution in [0.15, 0.2) is 78.1 Å². The van der Waals surface area contributed by atoms with E-state index in [1.807, 2.05) is 0 Å². The largest absolute Gasteiger partial charge is 0.288 e. The monoisotopic (exact) mass is 649 g/mol. The van der Waals surface area contributed by atoms with Gasteiger partial charge in [-0.2, -0.15) is 5.10 Å². The van der Waals surface area contributed by atoms with E-state index >= 15 is 8.78 Å². The van der Waals surface area contributed by atoms with Crippen LogP contribution in [0.2, 0.25) is 0 Å². The zero-order chi connectivity index (χ0) is 33.1. The smallest absolute Gasteiger partial charge is 0.265 e. The summed E-state index contributed by atoms with van der Waals surface area (Å²) in [5.74, 6) is -7.53. The first-order valence-electron chi connectivity index (χ1n) is 13.3. The van der Waals surface area contributed by atoms with E-state index in [9.17, 15) is 31.6 Å². The quantitative estimate of drug-likeness (QED) is 0.174. The number of sulfonamides is 1. The van der Waals surface area contributed by atoms with Gasteiger partial charge in [-0.1, -0.05) is 6.07 Å². The molecule has 0 saturated carbocycles. The standard InChI is InChI=1S/C31H19F4N5O5S/c1-15(41)39-14-22(21-10-18(12-36-31(21)39)17-3-8-26-19(9-17)13-37-40(26)16(2)42)30(43)28-24(34)6-7-25(29(28)35)38-46(44,45)27-11-20(32)4-5-23(27)33/h3-14,38H,1-2H3. The number of nitrogens with zero attached hydrogens (tertiary/aromatic N) is 4. The van der Waals surface area contributed by atoms with Crippen LogP contribution in [0.25, 0.3) is 33.1 Å². The van der Waals surface area contributed by atoms with Gasteiger partial charge in [0.15, 0.2) is 5.82 Å². The van der Waals surface area contributed by atoms with E-state index in [2.05, 4.69) is 10.1 Å². The van der Waals surface area contributed by atoms with Gasteiger partial charge in [-0.05, 0) is 54.1 Å². The summed E-state index contributed by atoms with van der Waals surface area (Å²) < 4.78 is 88.2. The Morgan fingerprint density at radius 2 is 1.57 bits per heavy atom. The number of aromatic nitrogens is 4. The van der Waals surface area contributed by atoms with Crippen LogP contribution in [-0.2, 0) is 10.0 Å². The third-order valence-electron chi connectivity index (χ3n) is 7.17. The van der Waals surface area contributed by atoms with Gasteiger partial charge in [-0.3, -0.25) is 23.7 Å². The molecule has 6 rings (SSSR count). The average Bonchev–Trinajstić information content (AvgIpc) is 3.61. The SMILES string of the molecule is CC(=O)n1cc(C(=O)c2c(F)ccc(NS(=O)(=O)c3cc(F)ccc3F)c2F)c2cc(-c3ccc4c(cnn4C(C)=O)c3)cnc21. The predicted molar refractivity (Wildman–Crippen MR) is 158 cm³/mol. The molecule has 1 N–H and O–H groups in total.